The van der Waals surface area contributed by atoms with E-state index in [1.807, 2.05) is 6.07 Å². The van der Waals surface area contributed by atoms with Crippen LogP contribution < -0.4 is 4.74 Å². The van der Waals surface area contributed by atoms with E-state index in [9.17, 15) is 4.39 Å². The van der Waals surface area contributed by atoms with Gasteiger partial charge in [0.25, 0.3) is 0 Å². The summed E-state index contributed by atoms with van der Waals surface area (Å²) in [7, 11) is 0. The minimum Gasteiger partial charge on any atom is -0.493 e. The summed E-state index contributed by atoms with van der Waals surface area (Å²) >= 11 is 18.6. The molecule has 2 aromatic rings. The van der Waals surface area contributed by atoms with E-state index in [0.717, 1.165) is 12.0 Å². The van der Waals surface area contributed by atoms with Crippen molar-refractivity contribution in [1.82, 2.24) is 0 Å². The number of fused-ring (bicyclic) bond motifs is 1. The lowest BCUT2D eigenvalue weighted by molar-refractivity contribution is 0.353. The van der Waals surface area contributed by atoms with Gasteiger partial charge in [-0.25, -0.2) is 4.39 Å². The lowest BCUT2D eigenvalue weighted by Gasteiger charge is -2.16. The Morgan fingerprint density at radius 3 is 2.75 bits per heavy atom. The summed E-state index contributed by atoms with van der Waals surface area (Å²) in [6.07, 6.45) is 0.775. The number of hydrogen-bond acceptors (Lipinski definition) is 1. The molecule has 3 rings (SSSR count). The van der Waals surface area contributed by atoms with Crippen LogP contribution in [0.15, 0.2) is 30.3 Å². The first-order chi connectivity index (χ1) is 9.58. The van der Waals surface area contributed by atoms with Crippen LogP contribution >= 0.6 is 34.8 Å². The number of ether oxygens (including phenoxy) is 1. The van der Waals surface area contributed by atoms with Gasteiger partial charge in [0.05, 0.1) is 12.0 Å². The van der Waals surface area contributed by atoms with Crippen molar-refractivity contribution in [2.45, 2.75) is 11.8 Å². The Balaban J connectivity index is 2.14. The fourth-order valence-corrected chi connectivity index (χ4v) is 3.36. The number of halogens is 4. The second kappa shape index (κ2) is 5.44. The molecule has 1 aliphatic heterocycles. The second-order valence-electron chi connectivity index (χ2n) is 4.58. The highest BCUT2D eigenvalue weighted by molar-refractivity contribution is 6.33. The lowest BCUT2D eigenvalue weighted by atomic mass is 10.00. The standard InChI is InChI=1S/C15H10Cl3FO/c16-9-6-8-4-5-20-15(8)10(7-9)14(18)13-11(17)2-1-3-12(13)19/h1-3,6-7,14H,4-5H2. The molecular formula is C15H10Cl3FO. The maximum absolute atomic E-state index is 14.0. The largest absolute Gasteiger partial charge is 0.493 e. The van der Waals surface area contributed by atoms with Crippen LogP contribution in [0.3, 0.4) is 0 Å². The first kappa shape index (κ1) is 14.0. The molecule has 0 saturated carbocycles. The molecule has 0 saturated heterocycles. The molecule has 0 aromatic heterocycles. The first-order valence-corrected chi connectivity index (χ1v) is 7.30. The van der Waals surface area contributed by atoms with E-state index in [1.54, 1.807) is 18.2 Å². The van der Waals surface area contributed by atoms with Crippen molar-refractivity contribution in [1.29, 1.82) is 0 Å². The number of hydrogen-bond donors (Lipinski definition) is 0. The van der Waals surface area contributed by atoms with Crippen molar-refractivity contribution in [2.75, 3.05) is 6.61 Å². The third-order valence-corrected chi connectivity index (χ3v) is 4.30. The van der Waals surface area contributed by atoms with Gasteiger partial charge in [-0.2, -0.15) is 0 Å². The van der Waals surface area contributed by atoms with Crippen LogP contribution in [0.2, 0.25) is 10.0 Å². The summed E-state index contributed by atoms with van der Waals surface area (Å²) in [6.45, 7) is 0.581. The van der Waals surface area contributed by atoms with Gasteiger partial charge in [-0.05, 0) is 29.8 Å². The molecule has 2 aromatic carbocycles. The quantitative estimate of drug-likeness (QED) is 0.670. The van der Waals surface area contributed by atoms with E-state index in [4.69, 9.17) is 39.5 Å². The summed E-state index contributed by atoms with van der Waals surface area (Å²) in [4.78, 5) is 0. The monoisotopic (exact) mass is 330 g/mol. The maximum atomic E-state index is 14.0. The van der Waals surface area contributed by atoms with Crippen molar-refractivity contribution < 1.29 is 9.13 Å². The van der Waals surface area contributed by atoms with Crippen LogP contribution in [0.1, 0.15) is 22.1 Å². The Hall–Kier alpha value is -0.960. The lowest BCUT2D eigenvalue weighted by Crippen LogP contribution is -2.01. The van der Waals surface area contributed by atoms with E-state index >= 15 is 0 Å². The van der Waals surface area contributed by atoms with Gasteiger partial charge >= 0.3 is 0 Å². The fraction of sp³-hybridized carbons (Fsp3) is 0.200. The number of benzene rings is 2. The Kier molecular flexibility index (Phi) is 3.80. The van der Waals surface area contributed by atoms with Crippen LogP contribution in [-0.2, 0) is 6.42 Å². The number of rotatable bonds is 2. The molecule has 1 heterocycles. The molecular weight excluding hydrogens is 322 g/mol. The Morgan fingerprint density at radius 1 is 1.20 bits per heavy atom. The van der Waals surface area contributed by atoms with Gasteiger partial charge in [-0.15, -0.1) is 11.6 Å². The van der Waals surface area contributed by atoms with Gasteiger partial charge in [0.2, 0.25) is 0 Å². The molecule has 0 bridgehead atoms. The van der Waals surface area contributed by atoms with Crippen LogP contribution in [0.5, 0.6) is 5.75 Å². The van der Waals surface area contributed by atoms with E-state index in [1.165, 1.54) is 6.07 Å². The molecule has 0 fully saturated rings. The minimum absolute atomic E-state index is 0.246. The zero-order valence-corrected chi connectivity index (χ0v) is 12.6. The summed E-state index contributed by atoms with van der Waals surface area (Å²) in [6, 6.07) is 8.04. The van der Waals surface area contributed by atoms with Crippen molar-refractivity contribution >= 4 is 34.8 Å². The summed E-state index contributed by atoms with van der Waals surface area (Å²) < 4.78 is 19.6. The highest BCUT2D eigenvalue weighted by atomic mass is 35.5. The van der Waals surface area contributed by atoms with Gasteiger partial charge in [0.15, 0.2) is 0 Å². The Morgan fingerprint density at radius 2 is 2.00 bits per heavy atom. The smallest absolute Gasteiger partial charge is 0.129 e. The van der Waals surface area contributed by atoms with Crippen LogP contribution in [0, 0.1) is 5.82 Å². The highest BCUT2D eigenvalue weighted by Gasteiger charge is 2.26. The molecule has 104 valence electrons. The van der Waals surface area contributed by atoms with E-state index in [2.05, 4.69) is 0 Å². The molecule has 0 spiro atoms. The van der Waals surface area contributed by atoms with Crippen LogP contribution in [0.25, 0.3) is 0 Å². The van der Waals surface area contributed by atoms with Gasteiger partial charge in [-0.3, -0.25) is 0 Å². The minimum atomic E-state index is -0.741. The van der Waals surface area contributed by atoms with Crippen molar-refractivity contribution in [3.63, 3.8) is 0 Å². The zero-order chi connectivity index (χ0) is 14.3. The summed E-state index contributed by atoms with van der Waals surface area (Å²) in [5.74, 6) is 0.248. The maximum Gasteiger partial charge on any atom is 0.129 e. The van der Waals surface area contributed by atoms with E-state index in [-0.39, 0.29) is 10.6 Å². The van der Waals surface area contributed by atoms with Gasteiger partial charge in [-0.1, -0.05) is 29.3 Å². The summed E-state index contributed by atoms with van der Waals surface area (Å²) in [5, 5.41) is 0.105. The molecule has 0 amide bonds. The number of alkyl halides is 1. The second-order valence-corrected chi connectivity index (χ2v) is 5.86. The molecule has 0 aliphatic carbocycles. The molecule has 1 atom stereocenters. The molecule has 1 unspecified atom stereocenters. The molecule has 5 heteroatoms. The molecule has 0 N–H and O–H groups in total. The molecule has 1 nitrogen and oxygen atoms in total. The predicted octanol–water partition coefficient (Wildman–Crippen LogP) is 5.40. The van der Waals surface area contributed by atoms with E-state index in [0.29, 0.717) is 22.9 Å². The average molecular weight is 332 g/mol. The zero-order valence-electron chi connectivity index (χ0n) is 10.3. The molecule has 20 heavy (non-hydrogen) atoms. The third kappa shape index (κ3) is 2.37. The van der Waals surface area contributed by atoms with Crippen LogP contribution in [0.4, 0.5) is 4.39 Å². The summed E-state index contributed by atoms with van der Waals surface area (Å²) in [5.41, 5.74) is 1.89. The first-order valence-electron chi connectivity index (χ1n) is 6.11. The fourth-order valence-electron chi connectivity index (χ4n) is 2.39. The van der Waals surface area contributed by atoms with Gasteiger partial charge in [0, 0.05) is 27.6 Å². The molecule has 0 radical (unpaired) electrons. The van der Waals surface area contributed by atoms with Crippen molar-refractivity contribution in [2.24, 2.45) is 0 Å². The van der Waals surface area contributed by atoms with E-state index < -0.39 is 11.2 Å². The van der Waals surface area contributed by atoms with Crippen molar-refractivity contribution in [3.05, 3.63) is 62.9 Å². The average Bonchev–Trinajstić information content (AvgIpc) is 2.85. The SMILES string of the molecule is Fc1cccc(Cl)c1C(Cl)c1cc(Cl)cc2c1OCC2. The highest BCUT2D eigenvalue weighted by Crippen LogP contribution is 2.43. The predicted molar refractivity (Wildman–Crippen MR) is 79.8 cm³/mol. The topological polar surface area (TPSA) is 9.23 Å². The van der Waals surface area contributed by atoms with Crippen LogP contribution in [-0.4, -0.2) is 6.61 Å². The van der Waals surface area contributed by atoms with Crippen molar-refractivity contribution in [3.8, 4) is 5.75 Å². The Labute approximate surface area is 131 Å². The Bertz CT molecular complexity index is 652. The van der Waals surface area contributed by atoms with Gasteiger partial charge in [0.1, 0.15) is 11.6 Å². The normalized spacial score (nSPS) is 14.8. The van der Waals surface area contributed by atoms with Gasteiger partial charge < -0.3 is 4.74 Å². The third-order valence-electron chi connectivity index (χ3n) is 3.30. The molecule has 1 aliphatic rings.